The van der Waals surface area contributed by atoms with Crippen LogP contribution in [-0.2, 0) is 35.2 Å². The quantitative estimate of drug-likeness (QED) is 0.628. The zero-order valence-electron chi connectivity index (χ0n) is 13.9. The van der Waals surface area contributed by atoms with Gasteiger partial charge in [0.1, 0.15) is 5.82 Å². The van der Waals surface area contributed by atoms with E-state index in [9.17, 15) is 0 Å². The Hall–Kier alpha value is -1.04. The van der Waals surface area contributed by atoms with Crippen molar-refractivity contribution in [2.75, 3.05) is 40.5 Å². The molecule has 0 aliphatic heterocycles. The summed E-state index contributed by atoms with van der Waals surface area (Å²) in [6.45, 7) is 7.54. The molecule has 1 rings (SSSR count). The highest BCUT2D eigenvalue weighted by Gasteiger charge is 2.12. The summed E-state index contributed by atoms with van der Waals surface area (Å²) in [4.78, 5) is 9.42. The maximum Gasteiger partial charge on any atom is 0.131 e. The summed E-state index contributed by atoms with van der Waals surface area (Å²) in [6, 6.07) is 0. The molecule has 5 nitrogen and oxygen atoms in total. The van der Waals surface area contributed by atoms with Gasteiger partial charge in [0.2, 0.25) is 0 Å². The molecule has 21 heavy (non-hydrogen) atoms. The number of hydrogen-bond donors (Lipinski definition) is 1. The van der Waals surface area contributed by atoms with Gasteiger partial charge in [-0.1, -0.05) is 13.8 Å². The van der Waals surface area contributed by atoms with Crippen molar-refractivity contribution in [1.82, 2.24) is 15.3 Å². The van der Waals surface area contributed by atoms with Gasteiger partial charge in [0.15, 0.2) is 0 Å². The second kappa shape index (κ2) is 10.7. The molecule has 0 bridgehead atoms. The van der Waals surface area contributed by atoms with Crippen LogP contribution in [0.5, 0.6) is 0 Å². The molecular weight excluding hydrogens is 266 g/mol. The van der Waals surface area contributed by atoms with Crippen LogP contribution in [0.2, 0.25) is 0 Å². The summed E-state index contributed by atoms with van der Waals surface area (Å²) >= 11 is 0. The highest BCUT2D eigenvalue weighted by molar-refractivity contribution is 5.27. The molecule has 5 heteroatoms. The van der Waals surface area contributed by atoms with E-state index in [-0.39, 0.29) is 0 Å². The third kappa shape index (κ3) is 6.08. The summed E-state index contributed by atoms with van der Waals surface area (Å²) in [7, 11) is 3.43. The second-order valence-corrected chi connectivity index (χ2v) is 4.95. The lowest BCUT2D eigenvalue weighted by Gasteiger charge is -2.14. The fourth-order valence-electron chi connectivity index (χ4n) is 2.33. The van der Waals surface area contributed by atoms with E-state index in [4.69, 9.17) is 19.4 Å². The van der Waals surface area contributed by atoms with Gasteiger partial charge in [0, 0.05) is 38.6 Å². The highest BCUT2D eigenvalue weighted by atomic mass is 16.5. The van der Waals surface area contributed by atoms with E-state index < -0.39 is 0 Å². The number of nitrogens with zero attached hydrogens (tertiary/aromatic N) is 2. The molecular formula is C16H29N3O2. The molecule has 0 radical (unpaired) electrons. The Bertz CT molecular complexity index is 386. The predicted octanol–water partition coefficient (Wildman–Crippen LogP) is 1.57. The van der Waals surface area contributed by atoms with E-state index >= 15 is 0 Å². The fraction of sp³-hybridized carbons (Fsp3) is 0.750. The molecule has 0 aromatic carbocycles. The first kappa shape index (κ1) is 18.0. The van der Waals surface area contributed by atoms with E-state index in [1.54, 1.807) is 14.2 Å². The number of aryl methyl sites for hydroxylation is 2. The molecule has 1 heterocycles. The average molecular weight is 295 g/mol. The normalized spacial score (nSPS) is 11.0. The molecule has 1 aromatic rings. The molecule has 0 spiro atoms. The minimum atomic E-state index is 0.671. The Morgan fingerprint density at radius 1 is 0.857 bits per heavy atom. The second-order valence-electron chi connectivity index (χ2n) is 4.95. The molecule has 0 unspecified atom stereocenters. The third-order valence-corrected chi connectivity index (χ3v) is 3.46. The van der Waals surface area contributed by atoms with Crippen molar-refractivity contribution in [3.8, 4) is 0 Å². The third-order valence-electron chi connectivity index (χ3n) is 3.46. The van der Waals surface area contributed by atoms with Crippen LogP contribution in [0.15, 0.2) is 0 Å². The van der Waals surface area contributed by atoms with Gasteiger partial charge in [-0.15, -0.1) is 0 Å². The van der Waals surface area contributed by atoms with E-state index in [0.717, 1.165) is 51.2 Å². The molecule has 0 aliphatic rings. The van der Waals surface area contributed by atoms with Crippen LogP contribution in [-0.4, -0.2) is 50.5 Å². The Morgan fingerprint density at radius 3 is 2.00 bits per heavy atom. The van der Waals surface area contributed by atoms with E-state index in [0.29, 0.717) is 6.61 Å². The number of methoxy groups -OCH3 is 2. The minimum Gasteiger partial charge on any atom is -0.384 e. The standard InChI is InChI=1S/C16H29N3O2/c1-5-14-13(7-9-17-10-12-21-4)15(6-2)19-16(18-14)8-11-20-3/h17H,5-12H2,1-4H3. The lowest BCUT2D eigenvalue weighted by molar-refractivity contribution is 0.199. The van der Waals surface area contributed by atoms with Crippen LogP contribution in [0.1, 0.15) is 36.6 Å². The average Bonchev–Trinajstić information content (AvgIpc) is 2.52. The monoisotopic (exact) mass is 295 g/mol. The van der Waals surface area contributed by atoms with Gasteiger partial charge in [-0.3, -0.25) is 0 Å². The molecule has 0 fully saturated rings. The zero-order chi connectivity index (χ0) is 15.5. The fourth-order valence-corrected chi connectivity index (χ4v) is 2.33. The van der Waals surface area contributed by atoms with Gasteiger partial charge in [-0.25, -0.2) is 9.97 Å². The number of rotatable bonds is 11. The number of nitrogens with one attached hydrogen (secondary N) is 1. The Labute approximate surface area is 128 Å². The maximum atomic E-state index is 5.12. The smallest absolute Gasteiger partial charge is 0.131 e. The van der Waals surface area contributed by atoms with Crippen LogP contribution < -0.4 is 5.32 Å². The Morgan fingerprint density at radius 2 is 1.48 bits per heavy atom. The van der Waals surface area contributed by atoms with Crippen molar-refractivity contribution >= 4 is 0 Å². The van der Waals surface area contributed by atoms with Crippen molar-refractivity contribution in [3.63, 3.8) is 0 Å². The van der Waals surface area contributed by atoms with Crippen molar-refractivity contribution in [3.05, 3.63) is 22.8 Å². The summed E-state index contributed by atoms with van der Waals surface area (Å²) in [5.41, 5.74) is 3.68. The first-order chi connectivity index (χ1) is 10.3. The molecule has 1 aromatic heterocycles. The van der Waals surface area contributed by atoms with Crippen molar-refractivity contribution in [2.45, 2.75) is 39.5 Å². The summed E-state index contributed by atoms with van der Waals surface area (Å²) in [5, 5.41) is 3.39. The minimum absolute atomic E-state index is 0.671. The molecule has 0 atom stereocenters. The van der Waals surface area contributed by atoms with E-state index in [2.05, 4.69) is 19.2 Å². The maximum absolute atomic E-state index is 5.12. The summed E-state index contributed by atoms with van der Waals surface area (Å²) < 4.78 is 10.2. The van der Waals surface area contributed by atoms with E-state index in [1.807, 2.05) is 0 Å². The molecule has 0 saturated carbocycles. The van der Waals surface area contributed by atoms with Crippen LogP contribution in [0.3, 0.4) is 0 Å². The lowest BCUT2D eigenvalue weighted by atomic mass is 10.0. The van der Waals surface area contributed by atoms with Gasteiger partial charge in [-0.2, -0.15) is 0 Å². The Balaban J connectivity index is 2.75. The van der Waals surface area contributed by atoms with Gasteiger partial charge in [0.25, 0.3) is 0 Å². The van der Waals surface area contributed by atoms with Crippen molar-refractivity contribution in [1.29, 1.82) is 0 Å². The summed E-state index contributed by atoms with van der Waals surface area (Å²) in [6.07, 6.45) is 3.65. The van der Waals surface area contributed by atoms with Gasteiger partial charge >= 0.3 is 0 Å². The predicted molar refractivity (Wildman–Crippen MR) is 84.8 cm³/mol. The molecule has 0 aliphatic carbocycles. The molecule has 120 valence electrons. The van der Waals surface area contributed by atoms with Crippen molar-refractivity contribution < 1.29 is 9.47 Å². The molecule has 0 saturated heterocycles. The Kier molecular flexibility index (Phi) is 9.14. The van der Waals surface area contributed by atoms with E-state index in [1.165, 1.54) is 17.0 Å². The number of aromatic nitrogens is 2. The highest BCUT2D eigenvalue weighted by Crippen LogP contribution is 2.14. The van der Waals surface area contributed by atoms with Crippen molar-refractivity contribution in [2.24, 2.45) is 0 Å². The molecule has 0 amide bonds. The first-order valence-electron chi connectivity index (χ1n) is 7.82. The zero-order valence-corrected chi connectivity index (χ0v) is 13.9. The van der Waals surface area contributed by atoms with Crippen LogP contribution >= 0.6 is 0 Å². The summed E-state index contributed by atoms with van der Waals surface area (Å²) in [5.74, 6) is 0.904. The first-order valence-corrected chi connectivity index (χ1v) is 7.82. The lowest BCUT2D eigenvalue weighted by Crippen LogP contribution is -2.23. The number of hydrogen-bond acceptors (Lipinski definition) is 5. The van der Waals surface area contributed by atoms with Crippen LogP contribution in [0.4, 0.5) is 0 Å². The van der Waals surface area contributed by atoms with Gasteiger partial charge in [-0.05, 0) is 31.4 Å². The topological polar surface area (TPSA) is 56.3 Å². The SMILES string of the molecule is CCc1nc(CCOC)nc(CC)c1CCNCCOC. The van der Waals surface area contributed by atoms with Gasteiger partial charge < -0.3 is 14.8 Å². The van der Waals surface area contributed by atoms with Gasteiger partial charge in [0.05, 0.1) is 13.2 Å². The van der Waals surface area contributed by atoms with Crippen LogP contribution in [0, 0.1) is 0 Å². The number of ether oxygens (including phenoxy) is 2. The molecule has 1 N–H and O–H groups in total. The van der Waals surface area contributed by atoms with Crippen LogP contribution in [0.25, 0.3) is 0 Å². The largest absolute Gasteiger partial charge is 0.384 e.